The third-order valence-corrected chi connectivity index (χ3v) is 5.73. The van der Waals surface area contributed by atoms with Crippen molar-refractivity contribution >= 4 is 17.2 Å². The van der Waals surface area contributed by atoms with Gasteiger partial charge in [-0.25, -0.2) is 0 Å². The van der Waals surface area contributed by atoms with Crippen LogP contribution in [0.5, 0.6) is 0 Å². The fourth-order valence-corrected chi connectivity index (χ4v) is 4.69. The lowest BCUT2D eigenvalue weighted by molar-refractivity contribution is -0.136. The maximum Gasteiger partial charge on any atom is 0.226 e. The van der Waals surface area contributed by atoms with Crippen molar-refractivity contribution < 1.29 is 4.79 Å². The van der Waals surface area contributed by atoms with Gasteiger partial charge in [-0.3, -0.25) is 4.79 Å². The van der Waals surface area contributed by atoms with Gasteiger partial charge < -0.3 is 10.6 Å². The molecule has 2 aliphatic rings. The van der Waals surface area contributed by atoms with Gasteiger partial charge in [0.25, 0.3) is 0 Å². The fourth-order valence-electron chi connectivity index (χ4n) is 3.82. The Labute approximate surface area is 130 Å². The molecule has 2 saturated carbocycles. The lowest BCUT2D eigenvalue weighted by atomic mass is 9.88. The molecule has 0 saturated heterocycles. The molecule has 3 rings (SSSR count). The molecule has 1 heterocycles. The van der Waals surface area contributed by atoms with Crippen LogP contribution in [0.25, 0.3) is 0 Å². The van der Waals surface area contributed by atoms with E-state index in [4.69, 9.17) is 5.73 Å². The van der Waals surface area contributed by atoms with E-state index in [-0.39, 0.29) is 5.92 Å². The summed E-state index contributed by atoms with van der Waals surface area (Å²) < 4.78 is 0. The Morgan fingerprint density at radius 1 is 1.48 bits per heavy atom. The zero-order valence-corrected chi connectivity index (χ0v) is 13.3. The molecule has 1 amide bonds. The molecule has 0 radical (unpaired) electrons. The monoisotopic (exact) mass is 302 g/mol. The lowest BCUT2D eigenvalue weighted by Gasteiger charge is -2.26. The minimum Gasteiger partial charge on any atom is -0.340 e. The van der Waals surface area contributed by atoms with Gasteiger partial charge in [0, 0.05) is 28.8 Å². The van der Waals surface area contributed by atoms with Crippen LogP contribution in [0.2, 0.25) is 0 Å². The summed E-state index contributed by atoms with van der Waals surface area (Å²) in [5.74, 6) is 7.99. The Bertz CT molecular complexity index is 583. The predicted molar refractivity (Wildman–Crippen MR) is 85.7 cm³/mol. The molecular weight excluding hydrogens is 280 g/mol. The van der Waals surface area contributed by atoms with Crippen molar-refractivity contribution in [3.63, 3.8) is 0 Å². The molecule has 112 valence electrons. The van der Waals surface area contributed by atoms with Gasteiger partial charge in [-0.15, -0.1) is 11.3 Å². The van der Waals surface area contributed by atoms with Crippen molar-refractivity contribution in [2.75, 3.05) is 13.6 Å². The molecule has 1 aromatic heterocycles. The molecule has 0 aromatic carbocycles. The number of carbonyl (C=O) groups excluding carboxylic acids is 1. The quantitative estimate of drug-likeness (QED) is 0.872. The average Bonchev–Trinajstić information content (AvgIpc) is 3.20. The number of fused-ring (bicyclic) bond motifs is 2. The molecule has 0 aliphatic heterocycles. The first-order valence-corrected chi connectivity index (χ1v) is 8.56. The van der Waals surface area contributed by atoms with Crippen molar-refractivity contribution in [1.29, 1.82) is 0 Å². The Hall–Kier alpha value is -1.31. The lowest BCUT2D eigenvalue weighted by Crippen LogP contribution is -2.34. The van der Waals surface area contributed by atoms with Crippen LogP contribution in [0.4, 0.5) is 0 Å². The van der Waals surface area contributed by atoms with E-state index < -0.39 is 0 Å². The second-order valence-corrected chi connectivity index (χ2v) is 7.28. The smallest absolute Gasteiger partial charge is 0.226 e. The maximum absolute atomic E-state index is 12.6. The van der Waals surface area contributed by atoms with Crippen molar-refractivity contribution in [2.45, 2.75) is 32.2 Å². The van der Waals surface area contributed by atoms with Crippen LogP contribution in [-0.4, -0.2) is 24.4 Å². The first-order chi connectivity index (χ1) is 10.2. The summed E-state index contributed by atoms with van der Waals surface area (Å²) in [6.07, 6.45) is 4.99. The van der Waals surface area contributed by atoms with Crippen molar-refractivity contribution in [1.82, 2.24) is 4.90 Å². The van der Waals surface area contributed by atoms with Gasteiger partial charge in [-0.05, 0) is 37.2 Å². The largest absolute Gasteiger partial charge is 0.340 e. The standard InChI is InChI=1S/C17H22N2OS/c1-19(10-15-8-13(11-21-15)3-2-6-18)17(20)16-9-12-4-5-14(16)7-12/h8,11-12,14,16H,4-7,9-10,18H2,1H3. The van der Waals surface area contributed by atoms with Crippen LogP contribution >= 0.6 is 11.3 Å². The minimum atomic E-state index is 0.283. The summed E-state index contributed by atoms with van der Waals surface area (Å²) in [6, 6.07) is 2.07. The first kappa shape index (κ1) is 14.6. The van der Waals surface area contributed by atoms with Crippen LogP contribution in [-0.2, 0) is 11.3 Å². The molecule has 3 unspecified atom stereocenters. The number of thiophene rings is 1. The number of hydrogen-bond donors (Lipinski definition) is 1. The summed E-state index contributed by atoms with van der Waals surface area (Å²) >= 11 is 1.67. The van der Waals surface area contributed by atoms with Crippen LogP contribution in [0.3, 0.4) is 0 Å². The zero-order chi connectivity index (χ0) is 14.8. The molecular formula is C17H22N2OS. The highest BCUT2D eigenvalue weighted by molar-refractivity contribution is 7.10. The molecule has 3 atom stereocenters. The fraction of sp³-hybridized carbons (Fsp3) is 0.588. The van der Waals surface area contributed by atoms with E-state index in [1.54, 1.807) is 11.3 Å². The third-order valence-electron chi connectivity index (χ3n) is 4.81. The summed E-state index contributed by atoms with van der Waals surface area (Å²) in [5.41, 5.74) is 6.38. The summed E-state index contributed by atoms with van der Waals surface area (Å²) in [6.45, 7) is 1.08. The van der Waals surface area contributed by atoms with E-state index in [2.05, 4.69) is 17.9 Å². The van der Waals surface area contributed by atoms with Gasteiger partial charge in [0.1, 0.15) is 0 Å². The highest BCUT2D eigenvalue weighted by Crippen LogP contribution is 2.48. The van der Waals surface area contributed by atoms with E-state index in [9.17, 15) is 4.79 Å². The first-order valence-electron chi connectivity index (χ1n) is 7.68. The van der Waals surface area contributed by atoms with Gasteiger partial charge >= 0.3 is 0 Å². The molecule has 2 fully saturated rings. The number of hydrogen-bond acceptors (Lipinski definition) is 3. The molecule has 1 aromatic rings. The number of rotatable bonds is 3. The Kier molecular flexibility index (Phi) is 4.32. The Morgan fingerprint density at radius 2 is 2.33 bits per heavy atom. The molecule has 21 heavy (non-hydrogen) atoms. The van der Waals surface area contributed by atoms with E-state index in [1.807, 2.05) is 17.3 Å². The van der Waals surface area contributed by atoms with Gasteiger partial charge in [0.2, 0.25) is 5.91 Å². The molecule has 2 bridgehead atoms. The highest BCUT2D eigenvalue weighted by Gasteiger charge is 2.43. The Balaban J connectivity index is 1.59. The number of nitrogens with two attached hydrogens (primary N) is 1. The van der Waals surface area contributed by atoms with Crippen molar-refractivity contribution in [3.8, 4) is 11.8 Å². The molecule has 0 spiro atoms. The predicted octanol–water partition coefficient (Wildman–Crippen LogP) is 2.45. The third kappa shape index (κ3) is 3.14. The summed E-state index contributed by atoms with van der Waals surface area (Å²) in [4.78, 5) is 15.7. The Morgan fingerprint density at radius 3 is 3.00 bits per heavy atom. The molecule has 3 nitrogen and oxygen atoms in total. The van der Waals surface area contributed by atoms with Crippen LogP contribution < -0.4 is 5.73 Å². The van der Waals surface area contributed by atoms with E-state index in [0.717, 1.165) is 17.9 Å². The van der Waals surface area contributed by atoms with Crippen molar-refractivity contribution in [3.05, 3.63) is 21.9 Å². The zero-order valence-electron chi connectivity index (χ0n) is 12.5. The topological polar surface area (TPSA) is 46.3 Å². The normalized spacial score (nSPS) is 26.5. The van der Waals surface area contributed by atoms with Crippen LogP contribution in [0.15, 0.2) is 11.4 Å². The molecule has 2 aliphatic carbocycles. The second-order valence-electron chi connectivity index (χ2n) is 6.28. The highest BCUT2D eigenvalue weighted by atomic mass is 32.1. The van der Waals surface area contributed by atoms with Crippen LogP contribution in [0.1, 0.15) is 36.1 Å². The number of amides is 1. The molecule has 4 heteroatoms. The maximum atomic E-state index is 12.6. The second kappa shape index (κ2) is 6.21. The molecule has 2 N–H and O–H groups in total. The van der Waals surface area contributed by atoms with E-state index in [0.29, 0.717) is 24.9 Å². The number of nitrogens with zero attached hydrogens (tertiary/aromatic N) is 1. The van der Waals surface area contributed by atoms with E-state index >= 15 is 0 Å². The van der Waals surface area contributed by atoms with Gasteiger partial charge in [-0.2, -0.15) is 0 Å². The summed E-state index contributed by atoms with van der Waals surface area (Å²) in [7, 11) is 1.93. The summed E-state index contributed by atoms with van der Waals surface area (Å²) in [5, 5.41) is 2.04. The van der Waals surface area contributed by atoms with Gasteiger partial charge in [0.15, 0.2) is 0 Å². The minimum absolute atomic E-state index is 0.283. The number of carbonyl (C=O) groups is 1. The van der Waals surface area contributed by atoms with Crippen molar-refractivity contribution in [2.24, 2.45) is 23.5 Å². The van der Waals surface area contributed by atoms with E-state index in [1.165, 1.54) is 24.1 Å². The van der Waals surface area contributed by atoms with Gasteiger partial charge in [-0.1, -0.05) is 18.3 Å². The average molecular weight is 302 g/mol. The van der Waals surface area contributed by atoms with Crippen LogP contribution in [0, 0.1) is 29.6 Å². The SMILES string of the molecule is CN(Cc1cc(C#CCN)cs1)C(=O)C1CC2CCC1C2. The van der Waals surface area contributed by atoms with Gasteiger partial charge in [0.05, 0.1) is 13.1 Å².